The van der Waals surface area contributed by atoms with E-state index in [9.17, 15) is 8.76 Å². The predicted octanol–water partition coefficient (Wildman–Crippen LogP) is 2.15. The minimum atomic E-state index is -3.50. The van der Waals surface area contributed by atoms with E-state index in [1.54, 1.807) is 12.1 Å². The van der Waals surface area contributed by atoms with Crippen LogP contribution in [0.15, 0.2) is 58.2 Å². The number of benzene rings is 1. The van der Waals surface area contributed by atoms with Crippen molar-refractivity contribution < 1.29 is 8.76 Å². The second-order valence-corrected chi connectivity index (χ2v) is 6.87. The Labute approximate surface area is 132 Å². The Bertz CT molecular complexity index is 1140. The number of nitrogens with one attached hydrogen (secondary N) is 1. The number of hydrogen-bond acceptors (Lipinski definition) is 3. The van der Waals surface area contributed by atoms with Crippen molar-refractivity contribution in [3.8, 4) is 0 Å². The van der Waals surface area contributed by atoms with Crippen molar-refractivity contribution in [2.24, 2.45) is 9.39 Å². The number of aryl methyl sites for hydroxylation is 1. The second kappa shape index (κ2) is 5.29. The fraction of sp³-hybridized carbons (Fsp3) is 0.125. The first kappa shape index (κ1) is 14.1. The van der Waals surface area contributed by atoms with Crippen molar-refractivity contribution in [2.75, 3.05) is 0 Å². The van der Waals surface area contributed by atoms with Gasteiger partial charge in [-0.1, -0.05) is 18.2 Å². The van der Waals surface area contributed by atoms with E-state index in [1.165, 1.54) is 6.20 Å². The van der Waals surface area contributed by atoms with Gasteiger partial charge in [-0.15, -0.1) is 0 Å². The molecule has 0 aliphatic carbocycles. The van der Waals surface area contributed by atoms with Crippen molar-refractivity contribution in [1.29, 1.82) is 0 Å². The minimum absolute atomic E-state index is 0.0378. The Kier molecular flexibility index (Phi) is 3.24. The number of aromatic amines is 1. The average Bonchev–Trinajstić information content (AvgIpc) is 2.96. The zero-order valence-electron chi connectivity index (χ0n) is 12.1. The Morgan fingerprint density at radius 2 is 2.00 bits per heavy atom. The van der Waals surface area contributed by atoms with Crippen molar-refractivity contribution in [3.05, 3.63) is 64.4 Å². The highest BCUT2D eigenvalue weighted by Crippen LogP contribution is 2.19. The first-order chi connectivity index (χ1) is 11.1. The molecule has 6 nitrogen and oxygen atoms in total. The third-order valence-corrected chi connectivity index (χ3v) is 5.05. The van der Waals surface area contributed by atoms with E-state index in [0.717, 1.165) is 16.5 Å². The molecule has 0 bridgehead atoms. The molecule has 1 unspecified atom stereocenters. The Morgan fingerprint density at radius 1 is 1.13 bits per heavy atom. The Morgan fingerprint density at radius 3 is 2.91 bits per heavy atom. The van der Waals surface area contributed by atoms with Gasteiger partial charge >= 0.3 is 0 Å². The standard InChI is InChI=1S/C16H14N4O2S/c21-23(22)16-14(6-3-9-17-16)19-15(20-23)8-7-11-10-18-13-5-2-1-4-12(11)13/h1-6,9-10,18H,7-8H2,(H,19,20,21,22). The quantitative estimate of drug-likeness (QED) is 0.723. The number of aromatic nitrogens is 2. The molecule has 23 heavy (non-hydrogen) atoms. The van der Waals surface area contributed by atoms with E-state index in [1.807, 2.05) is 24.4 Å². The molecule has 2 N–H and O–H groups in total. The van der Waals surface area contributed by atoms with E-state index in [4.69, 9.17) is 0 Å². The first-order valence-electron chi connectivity index (χ1n) is 7.21. The van der Waals surface area contributed by atoms with Crippen LogP contribution in [-0.2, 0) is 16.4 Å². The molecule has 0 saturated heterocycles. The van der Waals surface area contributed by atoms with E-state index >= 15 is 0 Å². The molecule has 1 aliphatic rings. The smallest absolute Gasteiger partial charge is 0.217 e. The summed E-state index contributed by atoms with van der Waals surface area (Å²) in [5.74, 6) is 0.378. The SMILES string of the molecule is O=S1(O)=c2ncccc2=NC(CCc2c[nH]c3ccccc23)=N1. The summed E-state index contributed by atoms with van der Waals surface area (Å²) in [6.45, 7) is 0. The number of fused-ring (bicyclic) bond motifs is 2. The minimum Gasteiger partial charge on any atom is -0.361 e. The lowest BCUT2D eigenvalue weighted by Crippen LogP contribution is -2.20. The number of rotatable bonds is 3. The lowest BCUT2D eigenvalue weighted by atomic mass is 10.1. The molecule has 0 spiro atoms. The lowest BCUT2D eigenvalue weighted by Gasteiger charge is -2.06. The zero-order valence-corrected chi connectivity index (χ0v) is 13.0. The van der Waals surface area contributed by atoms with Crippen molar-refractivity contribution in [2.45, 2.75) is 12.8 Å². The van der Waals surface area contributed by atoms with Gasteiger partial charge in [-0.05, 0) is 30.2 Å². The molecule has 3 heterocycles. The summed E-state index contributed by atoms with van der Waals surface area (Å²) in [5.41, 5.74) is 2.21. The monoisotopic (exact) mass is 326 g/mol. The molecular weight excluding hydrogens is 312 g/mol. The maximum Gasteiger partial charge on any atom is 0.217 e. The highest BCUT2D eigenvalue weighted by molar-refractivity contribution is 7.88. The fourth-order valence-corrected chi connectivity index (χ4v) is 3.79. The van der Waals surface area contributed by atoms with E-state index in [0.29, 0.717) is 24.0 Å². The summed E-state index contributed by atoms with van der Waals surface area (Å²) in [4.78, 5) is 11.5. The largest absolute Gasteiger partial charge is 0.361 e. The highest BCUT2D eigenvalue weighted by atomic mass is 32.2. The maximum atomic E-state index is 12.3. The van der Waals surface area contributed by atoms with E-state index in [-0.39, 0.29) is 4.64 Å². The molecule has 0 fully saturated rings. The van der Waals surface area contributed by atoms with Crippen LogP contribution in [0.1, 0.15) is 12.0 Å². The maximum absolute atomic E-state index is 12.3. The van der Waals surface area contributed by atoms with Crippen LogP contribution in [0.2, 0.25) is 0 Å². The third-order valence-electron chi connectivity index (χ3n) is 3.77. The van der Waals surface area contributed by atoms with Gasteiger partial charge in [0.05, 0.1) is 0 Å². The van der Waals surface area contributed by atoms with Crippen LogP contribution in [0.5, 0.6) is 0 Å². The van der Waals surface area contributed by atoms with Crippen LogP contribution in [0.4, 0.5) is 0 Å². The van der Waals surface area contributed by atoms with Gasteiger partial charge in [0.2, 0.25) is 9.99 Å². The van der Waals surface area contributed by atoms with Crippen LogP contribution in [0.3, 0.4) is 0 Å². The van der Waals surface area contributed by atoms with Crippen LogP contribution < -0.4 is 5.36 Å². The van der Waals surface area contributed by atoms with Gasteiger partial charge < -0.3 is 4.98 Å². The summed E-state index contributed by atoms with van der Waals surface area (Å²) >= 11 is 0. The number of pyridine rings is 1. The average molecular weight is 326 g/mol. The molecule has 2 aromatic heterocycles. The fourth-order valence-electron chi connectivity index (χ4n) is 2.70. The summed E-state index contributed by atoms with van der Waals surface area (Å²) in [7, 11) is -3.50. The van der Waals surface area contributed by atoms with Gasteiger partial charge in [-0.3, -0.25) is 4.55 Å². The van der Waals surface area contributed by atoms with Crippen LogP contribution in [-0.4, -0.2) is 24.6 Å². The molecule has 1 atom stereocenters. The van der Waals surface area contributed by atoms with Crippen LogP contribution >= 0.6 is 0 Å². The summed E-state index contributed by atoms with van der Waals surface area (Å²) in [5, 5.41) is 1.57. The van der Waals surface area contributed by atoms with Gasteiger partial charge in [0.1, 0.15) is 11.2 Å². The van der Waals surface area contributed by atoms with Crippen molar-refractivity contribution in [3.63, 3.8) is 0 Å². The van der Waals surface area contributed by atoms with E-state index < -0.39 is 9.99 Å². The summed E-state index contributed by atoms with van der Waals surface area (Å²) in [6.07, 6.45) is 4.61. The Balaban J connectivity index is 1.68. The molecule has 0 amide bonds. The third kappa shape index (κ3) is 2.54. The van der Waals surface area contributed by atoms with Gasteiger partial charge in [0, 0.05) is 29.7 Å². The molecule has 0 saturated carbocycles. The number of amidine groups is 1. The van der Waals surface area contributed by atoms with Gasteiger partial charge in [-0.2, -0.15) is 4.40 Å². The molecular formula is C16H14N4O2S. The lowest BCUT2D eigenvalue weighted by molar-refractivity contribution is 0.555. The zero-order chi connectivity index (χ0) is 15.9. The van der Waals surface area contributed by atoms with Crippen molar-refractivity contribution in [1.82, 2.24) is 9.97 Å². The highest BCUT2D eigenvalue weighted by Gasteiger charge is 2.13. The first-order valence-corrected chi connectivity index (χ1v) is 8.68. The van der Waals surface area contributed by atoms with Gasteiger partial charge in [-0.25, -0.2) is 14.2 Å². The summed E-state index contributed by atoms with van der Waals surface area (Å²) < 4.78 is 26.2. The van der Waals surface area contributed by atoms with Crippen LogP contribution in [0, 0.1) is 4.64 Å². The normalized spacial score (nSPS) is 20.0. The number of hydrogen-bond donors (Lipinski definition) is 2. The molecule has 116 valence electrons. The number of para-hydroxylation sites is 1. The summed E-state index contributed by atoms with van der Waals surface area (Å²) in [6, 6.07) is 11.4. The van der Waals surface area contributed by atoms with Crippen LogP contribution in [0.25, 0.3) is 10.9 Å². The topological polar surface area (TPSA) is 90.7 Å². The molecule has 1 aliphatic heterocycles. The predicted molar refractivity (Wildman–Crippen MR) is 89.1 cm³/mol. The number of nitrogens with zero attached hydrogens (tertiary/aromatic N) is 3. The number of H-pyrrole nitrogens is 1. The van der Waals surface area contributed by atoms with E-state index in [2.05, 4.69) is 25.4 Å². The molecule has 1 aromatic carbocycles. The molecule has 0 radical (unpaired) electrons. The molecule has 7 heteroatoms. The van der Waals surface area contributed by atoms with Gasteiger partial charge in [0.25, 0.3) is 0 Å². The molecule has 3 aromatic rings. The van der Waals surface area contributed by atoms with Crippen molar-refractivity contribution >= 4 is 26.7 Å². The van der Waals surface area contributed by atoms with Gasteiger partial charge in [0.15, 0.2) is 4.64 Å². The second-order valence-electron chi connectivity index (χ2n) is 5.30. The molecule has 4 rings (SSSR count). The Hall–Kier alpha value is -2.51.